The summed E-state index contributed by atoms with van der Waals surface area (Å²) in [5, 5.41) is 27.2. The molecule has 1 rings (SSSR count). The molecule has 0 saturated heterocycles. The average molecular weight is 255 g/mol. The Bertz CT molecular complexity index is 461. The van der Waals surface area contributed by atoms with Crippen LogP contribution in [-0.4, -0.2) is 21.3 Å². The van der Waals surface area contributed by atoms with Crippen LogP contribution < -0.4 is 5.48 Å². The zero-order valence-electron chi connectivity index (χ0n) is 9.67. The Morgan fingerprint density at radius 3 is 2.72 bits per heavy atom. The first-order chi connectivity index (χ1) is 8.45. The lowest BCUT2D eigenvalue weighted by Gasteiger charge is -2.16. The molecule has 0 aromatic heterocycles. The summed E-state index contributed by atoms with van der Waals surface area (Å²) in [6.45, 7) is 1.62. The normalized spacial score (nSPS) is 14.4. The molecule has 4 N–H and O–H groups in total. The third kappa shape index (κ3) is 3.54. The van der Waals surface area contributed by atoms with Crippen molar-refractivity contribution in [2.45, 2.75) is 13.0 Å². The van der Waals surface area contributed by atoms with E-state index in [1.54, 1.807) is 6.92 Å². The van der Waals surface area contributed by atoms with Gasteiger partial charge in [-0.2, -0.15) is 0 Å². The molecule has 5 nitrogen and oxygen atoms in total. The highest BCUT2D eigenvalue weighted by molar-refractivity contribution is 5.86. The highest BCUT2D eigenvalue weighted by atomic mass is 19.1. The van der Waals surface area contributed by atoms with E-state index in [-0.39, 0.29) is 5.56 Å². The molecule has 0 aliphatic heterocycles. The Balaban J connectivity index is 2.79. The van der Waals surface area contributed by atoms with Gasteiger partial charge in [0, 0.05) is 12.0 Å². The first kappa shape index (κ1) is 14.1. The summed E-state index contributed by atoms with van der Waals surface area (Å²) in [4.78, 5) is 10.8. The number of hydrogen-bond donors (Lipinski definition) is 4. The number of carbonyl (C=O) groups excluding carboxylic acids is 1. The van der Waals surface area contributed by atoms with Crippen LogP contribution in [0.25, 0.3) is 0 Å². The Labute approximate surface area is 103 Å². The standard InChI is InChI=1S/C12H14FNO4/c1-7(2-5-11(16)14-18)12(17)8-3-4-10(15)9(13)6-8/h2-7,12,15,17-18H,1H3,(H,14,16)/b5-2+/t7-,12+/m0/s1. The lowest BCUT2D eigenvalue weighted by Crippen LogP contribution is -2.16. The van der Waals surface area contributed by atoms with Crippen molar-refractivity contribution in [1.82, 2.24) is 5.48 Å². The number of hydrogen-bond acceptors (Lipinski definition) is 4. The molecule has 0 radical (unpaired) electrons. The number of halogens is 1. The van der Waals surface area contributed by atoms with Crippen LogP contribution in [-0.2, 0) is 4.79 Å². The van der Waals surface area contributed by atoms with Gasteiger partial charge < -0.3 is 10.2 Å². The van der Waals surface area contributed by atoms with E-state index in [0.717, 1.165) is 18.2 Å². The number of aliphatic hydroxyl groups excluding tert-OH is 1. The quantitative estimate of drug-likeness (QED) is 0.370. The molecule has 0 unspecified atom stereocenters. The molecule has 0 spiro atoms. The van der Waals surface area contributed by atoms with E-state index in [1.807, 2.05) is 0 Å². The van der Waals surface area contributed by atoms with E-state index < -0.39 is 29.5 Å². The lowest BCUT2D eigenvalue weighted by molar-refractivity contribution is -0.124. The van der Waals surface area contributed by atoms with Gasteiger partial charge in [-0.3, -0.25) is 10.0 Å². The van der Waals surface area contributed by atoms with E-state index in [0.29, 0.717) is 0 Å². The van der Waals surface area contributed by atoms with Crippen molar-refractivity contribution in [1.29, 1.82) is 0 Å². The van der Waals surface area contributed by atoms with Gasteiger partial charge in [0.2, 0.25) is 0 Å². The third-order valence-electron chi connectivity index (χ3n) is 2.47. The summed E-state index contributed by atoms with van der Waals surface area (Å²) in [7, 11) is 0. The Hall–Kier alpha value is -1.92. The monoisotopic (exact) mass is 255 g/mol. The van der Waals surface area contributed by atoms with E-state index in [9.17, 15) is 14.3 Å². The van der Waals surface area contributed by atoms with Crippen LogP contribution in [0.4, 0.5) is 4.39 Å². The number of aliphatic hydroxyl groups is 1. The number of benzene rings is 1. The Morgan fingerprint density at radius 1 is 1.50 bits per heavy atom. The molecule has 0 aliphatic rings. The summed E-state index contributed by atoms with van der Waals surface area (Å²) in [6, 6.07) is 3.56. The number of rotatable bonds is 4. The molecule has 1 aromatic rings. The minimum Gasteiger partial charge on any atom is -0.505 e. The van der Waals surface area contributed by atoms with Crippen LogP contribution in [0.1, 0.15) is 18.6 Å². The Morgan fingerprint density at radius 2 is 2.17 bits per heavy atom. The summed E-state index contributed by atoms with van der Waals surface area (Å²) in [6.07, 6.45) is 1.41. The number of amides is 1. The highest BCUT2D eigenvalue weighted by Gasteiger charge is 2.15. The van der Waals surface area contributed by atoms with Gasteiger partial charge in [0.25, 0.3) is 5.91 Å². The van der Waals surface area contributed by atoms with Crippen molar-refractivity contribution in [2.75, 3.05) is 0 Å². The Kier molecular flexibility index (Phi) is 4.82. The number of carbonyl (C=O) groups is 1. The summed E-state index contributed by atoms with van der Waals surface area (Å²) >= 11 is 0. The second kappa shape index (κ2) is 6.13. The van der Waals surface area contributed by atoms with Gasteiger partial charge in [-0.1, -0.05) is 19.1 Å². The zero-order chi connectivity index (χ0) is 13.7. The maximum Gasteiger partial charge on any atom is 0.267 e. The summed E-state index contributed by atoms with van der Waals surface area (Å²) in [5.74, 6) is -2.50. The fourth-order valence-electron chi connectivity index (χ4n) is 1.39. The highest BCUT2D eigenvalue weighted by Crippen LogP contribution is 2.26. The number of phenols is 1. The number of hydroxylamine groups is 1. The van der Waals surface area contributed by atoms with Gasteiger partial charge in [-0.05, 0) is 17.7 Å². The second-order valence-electron chi connectivity index (χ2n) is 3.85. The van der Waals surface area contributed by atoms with Gasteiger partial charge in [0.1, 0.15) is 0 Å². The summed E-state index contributed by atoms with van der Waals surface area (Å²) in [5.41, 5.74) is 1.70. The van der Waals surface area contributed by atoms with Crippen LogP contribution in [0.5, 0.6) is 5.75 Å². The molecule has 0 aliphatic carbocycles. The molecule has 18 heavy (non-hydrogen) atoms. The van der Waals surface area contributed by atoms with Gasteiger partial charge in [0.15, 0.2) is 11.6 Å². The fraction of sp³-hybridized carbons (Fsp3) is 0.250. The van der Waals surface area contributed by atoms with E-state index in [2.05, 4.69) is 0 Å². The predicted octanol–water partition coefficient (Wildman–Crippen LogP) is 1.26. The van der Waals surface area contributed by atoms with Crippen LogP contribution in [0.3, 0.4) is 0 Å². The third-order valence-corrected chi connectivity index (χ3v) is 2.47. The number of phenolic OH excluding ortho intramolecular Hbond substituents is 1. The molecule has 0 bridgehead atoms. The second-order valence-corrected chi connectivity index (χ2v) is 3.85. The molecule has 1 amide bonds. The minimum atomic E-state index is -1.03. The van der Waals surface area contributed by atoms with Crippen LogP contribution >= 0.6 is 0 Å². The molecule has 6 heteroatoms. The van der Waals surface area contributed by atoms with E-state index in [4.69, 9.17) is 10.3 Å². The predicted molar refractivity (Wildman–Crippen MR) is 61.3 cm³/mol. The SMILES string of the molecule is C[C@@H](/C=C/C(=O)NO)[C@@H](O)c1ccc(O)c(F)c1. The molecule has 0 fully saturated rings. The minimum absolute atomic E-state index is 0.284. The number of aromatic hydroxyl groups is 1. The van der Waals surface area contributed by atoms with Crippen molar-refractivity contribution in [3.63, 3.8) is 0 Å². The van der Waals surface area contributed by atoms with Crippen LogP contribution in [0.15, 0.2) is 30.4 Å². The van der Waals surface area contributed by atoms with Gasteiger partial charge in [0.05, 0.1) is 6.10 Å². The average Bonchev–Trinajstić information content (AvgIpc) is 2.37. The molecule has 2 atom stereocenters. The zero-order valence-corrected chi connectivity index (χ0v) is 9.67. The molecule has 98 valence electrons. The van der Waals surface area contributed by atoms with Crippen LogP contribution in [0.2, 0.25) is 0 Å². The maximum absolute atomic E-state index is 13.1. The molecular weight excluding hydrogens is 241 g/mol. The first-order valence-corrected chi connectivity index (χ1v) is 5.24. The smallest absolute Gasteiger partial charge is 0.267 e. The van der Waals surface area contributed by atoms with E-state index in [1.165, 1.54) is 17.6 Å². The molecule has 1 aromatic carbocycles. The van der Waals surface area contributed by atoms with Crippen molar-refractivity contribution >= 4 is 5.91 Å². The molecule has 0 saturated carbocycles. The topological polar surface area (TPSA) is 89.8 Å². The fourth-order valence-corrected chi connectivity index (χ4v) is 1.39. The lowest BCUT2D eigenvalue weighted by atomic mass is 9.97. The molecular formula is C12H14FNO4. The largest absolute Gasteiger partial charge is 0.505 e. The van der Waals surface area contributed by atoms with Crippen molar-refractivity contribution < 1.29 is 24.6 Å². The van der Waals surface area contributed by atoms with Gasteiger partial charge >= 0.3 is 0 Å². The summed E-state index contributed by atoms with van der Waals surface area (Å²) < 4.78 is 13.1. The number of nitrogens with one attached hydrogen (secondary N) is 1. The maximum atomic E-state index is 13.1. The van der Waals surface area contributed by atoms with E-state index >= 15 is 0 Å². The first-order valence-electron chi connectivity index (χ1n) is 5.24. The van der Waals surface area contributed by atoms with Gasteiger partial charge in [-0.25, -0.2) is 9.87 Å². The van der Waals surface area contributed by atoms with Crippen molar-refractivity contribution in [2.24, 2.45) is 5.92 Å². The van der Waals surface area contributed by atoms with Crippen molar-refractivity contribution in [3.05, 3.63) is 41.7 Å². The van der Waals surface area contributed by atoms with Crippen LogP contribution in [0, 0.1) is 11.7 Å². The van der Waals surface area contributed by atoms with Crippen molar-refractivity contribution in [3.8, 4) is 5.75 Å². The molecule has 0 heterocycles. The van der Waals surface area contributed by atoms with Gasteiger partial charge in [-0.15, -0.1) is 0 Å².